The van der Waals surface area contributed by atoms with E-state index in [-0.39, 0.29) is 14.5 Å². The smallest absolute Gasteiger partial charge is 0.339 e. The molecule has 0 aliphatic carbocycles. The lowest BCUT2D eigenvalue weighted by atomic mass is 9.98. The summed E-state index contributed by atoms with van der Waals surface area (Å²) in [6, 6.07) is 5.39. The number of rotatable bonds is 6. The van der Waals surface area contributed by atoms with Gasteiger partial charge in [-0.3, -0.25) is 4.55 Å². The Balaban J connectivity index is 1.84. The minimum absolute atomic E-state index is 0.0264. The number of aromatic nitrogens is 2. The van der Waals surface area contributed by atoms with Gasteiger partial charge in [0.2, 0.25) is 11.7 Å². The Bertz CT molecular complexity index is 995. The fourth-order valence-corrected chi connectivity index (χ4v) is 5.57. The average molecular weight is 416 g/mol. The van der Waals surface area contributed by atoms with Crippen LogP contribution in [0.3, 0.4) is 0 Å². The molecule has 1 fully saturated rings. The molecule has 12 heteroatoms. The summed E-state index contributed by atoms with van der Waals surface area (Å²) in [5.41, 5.74) is 0.535. The van der Waals surface area contributed by atoms with Gasteiger partial charge in [-0.25, -0.2) is 8.42 Å². The molecule has 2 heterocycles. The molecule has 0 amide bonds. The first-order valence-electron chi connectivity index (χ1n) is 8.38. The van der Waals surface area contributed by atoms with E-state index in [9.17, 15) is 16.8 Å². The Morgan fingerprint density at radius 2 is 1.81 bits per heavy atom. The molecule has 1 aliphatic heterocycles. The first-order valence-corrected chi connectivity index (χ1v) is 11.2. The molecule has 10 nitrogen and oxygen atoms in total. The number of sulfonamides is 1. The summed E-state index contributed by atoms with van der Waals surface area (Å²) < 4.78 is 61.8. The van der Waals surface area contributed by atoms with Gasteiger partial charge in [0.1, 0.15) is 0 Å². The third-order valence-electron chi connectivity index (χ3n) is 4.32. The van der Waals surface area contributed by atoms with E-state index in [0.29, 0.717) is 17.3 Å². The van der Waals surface area contributed by atoms with Gasteiger partial charge in [-0.15, -0.1) is 0 Å². The molecule has 0 radical (unpaired) electrons. The lowest BCUT2D eigenvalue weighted by Gasteiger charge is -2.18. The molecule has 3 rings (SSSR count). The van der Waals surface area contributed by atoms with Crippen LogP contribution in [0, 0.1) is 0 Å². The van der Waals surface area contributed by atoms with Crippen LogP contribution in [-0.2, 0) is 20.3 Å². The summed E-state index contributed by atoms with van der Waals surface area (Å²) in [4.78, 5) is 4.11. The minimum Gasteiger partial charge on any atom is -0.339 e. The Labute approximate surface area is 157 Å². The van der Waals surface area contributed by atoms with E-state index in [4.69, 9.17) is 9.08 Å². The highest BCUT2D eigenvalue weighted by atomic mass is 32.3. The summed E-state index contributed by atoms with van der Waals surface area (Å²) in [6.07, 6.45) is 1.81. The summed E-state index contributed by atoms with van der Waals surface area (Å²) >= 11 is 0. The van der Waals surface area contributed by atoms with Crippen LogP contribution >= 0.6 is 0 Å². The van der Waals surface area contributed by atoms with Crippen LogP contribution < -0.4 is 5.32 Å². The fraction of sp³-hybridized carbons (Fsp3) is 0.467. The highest BCUT2D eigenvalue weighted by molar-refractivity contribution is 8.01. The molecular formula is C15H20N4O6S2. The first kappa shape index (κ1) is 19.9. The van der Waals surface area contributed by atoms with Crippen LogP contribution in [-0.4, -0.2) is 54.9 Å². The molecule has 148 valence electrons. The first-order chi connectivity index (χ1) is 12.7. The molecule has 0 unspecified atom stereocenters. The van der Waals surface area contributed by atoms with E-state index in [2.05, 4.69) is 15.5 Å². The van der Waals surface area contributed by atoms with Crippen molar-refractivity contribution in [1.82, 2.24) is 19.2 Å². The van der Waals surface area contributed by atoms with Crippen LogP contribution in [0.15, 0.2) is 33.7 Å². The van der Waals surface area contributed by atoms with Gasteiger partial charge >= 0.3 is 10.3 Å². The maximum atomic E-state index is 12.4. The van der Waals surface area contributed by atoms with Gasteiger partial charge in [0.25, 0.3) is 10.0 Å². The summed E-state index contributed by atoms with van der Waals surface area (Å²) in [5.74, 6) is 1.07. The average Bonchev–Trinajstić information content (AvgIpc) is 3.12. The van der Waals surface area contributed by atoms with E-state index < -0.39 is 26.9 Å². The van der Waals surface area contributed by atoms with Gasteiger partial charge in [-0.05, 0) is 50.2 Å². The Kier molecular flexibility index (Phi) is 5.63. The lowest BCUT2D eigenvalue weighted by Crippen LogP contribution is -2.36. The molecule has 1 aromatic carbocycles. The van der Waals surface area contributed by atoms with Gasteiger partial charge in [-0.1, -0.05) is 15.8 Å². The monoisotopic (exact) mass is 416 g/mol. The molecule has 0 atom stereocenters. The van der Waals surface area contributed by atoms with Crippen molar-refractivity contribution in [3.05, 3.63) is 30.2 Å². The summed E-state index contributed by atoms with van der Waals surface area (Å²) in [7, 11) is -9.29. The zero-order valence-corrected chi connectivity index (χ0v) is 16.2. The van der Waals surface area contributed by atoms with E-state index in [1.165, 1.54) is 31.2 Å². The van der Waals surface area contributed by atoms with Gasteiger partial charge < -0.3 is 9.84 Å². The molecule has 2 N–H and O–H groups in total. The normalized spacial score (nSPS) is 16.7. The van der Waals surface area contributed by atoms with Gasteiger partial charge in [-0.2, -0.15) is 13.4 Å². The highest BCUT2D eigenvalue weighted by Crippen LogP contribution is 2.27. The maximum absolute atomic E-state index is 12.4. The van der Waals surface area contributed by atoms with Gasteiger partial charge in [0.15, 0.2) is 0 Å². The van der Waals surface area contributed by atoms with Gasteiger partial charge in [0.05, 0.1) is 4.90 Å². The van der Waals surface area contributed by atoms with E-state index >= 15 is 0 Å². The number of hydrogen-bond donors (Lipinski definition) is 2. The predicted molar refractivity (Wildman–Crippen MR) is 95.7 cm³/mol. The number of benzene rings is 1. The largest absolute Gasteiger partial charge is 0.349 e. The molecule has 0 bridgehead atoms. The third kappa shape index (κ3) is 4.19. The van der Waals surface area contributed by atoms with Crippen molar-refractivity contribution in [3.63, 3.8) is 0 Å². The summed E-state index contributed by atoms with van der Waals surface area (Å²) in [6.45, 7) is 2.65. The van der Waals surface area contributed by atoms with Crippen LogP contribution in [0.2, 0.25) is 0 Å². The number of nitrogens with zero attached hydrogens (tertiary/aromatic N) is 3. The van der Waals surface area contributed by atoms with Crippen molar-refractivity contribution in [1.29, 1.82) is 0 Å². The standard InChI is InChI=1S/C15H20N4O6S2/c1-2-19(27(22,23)24)26(20,21)13-5-3-11(4-6-13)14-17-15(25-18-14)12-7-9-16-10-8-12/h3-6,12,16H,2,7-10H2,1H3,(H,22,23,24). The lowest BCUT2D eigenvalue weighted by molar-refractivity contribution is 0.320. The van der Waals surface area contributed by atoms with Crippen molar-refractivity contribution in [2.24, 2.45) is 0 Å². The molecule has 27 heavy (non-hydrogen) atoms. The SMILES string of the molecule is CCN(S(=O)(=O)O)S(=O)(=O)c1ccc(-c2noc(C3CCNCC3)n2)cc1. The van der Waals surface area contributed by atoms with Crippen molar-refractivity contribution in [2.75, 3.05) is 19.6 Å². The minimum atomic E-state index is -4.89. The Morgan fingerprint density at radius 1 is 1.19 bits per heavy atom. The Hall–Kier alpha value is -1.86. The number of nitrogens with one attached hydrogen (secondary N) is 1. The van der Waals surface area contributed by atoms with Crippen molar-refractivity contribution in [2.45, 2.75) is 30.6 Å². The van der Waals surface area contributed by atoms with Crippen LogP contribution in [0.1, 0.15) is 31.6 Å². The summed E-state index contributed by atoms with van der Waals surface area (Å²) in [5, 5.41) is 7.20. The topological polar surface area (TPSA) is 143 Å². The highest BCUT2D eigenvalue weighted by Gasteiger charge is 2.32. The zero-order chi connectivity index (χ0) is 19.7. The Morgan fingerprint density at radius 3 is 2.37 bits per heavy atom. The third-order valence-corrected chi connectivity index (χ3v) is 7.91. The van der Waals surface area contributed by atoms with Crippen LogP contribution in [0.4, 0.5) is 0 Å². The number of hydrogen-bond acceptors (Lipinski definition) is 8. The number of piperidine rings is 1. The molecule has 2 aromatic rings. The fourth-order valence-electron chi connectivity index (χ4n) is 2.94. The predicted octanol–water partition coefficient (Wildman–Crippen LogP) is 1.02. The van der Waals surface area contributed by atoms with Crippen molar-refractivity contribution >= 4 is 20.3 Å². The second kappa shape index (κ2) is 7.64. The van der Waals surface area contributed by atoms with Crippen LogP contribution in [0.5, 0.6) is 0 Å². The maximum Gasteiger partial charge on any atom is 0.349 e. The van der Waals surface area contributed by atoms with Gasteiger partial charge in [0, 0.05) is 18.0 Å². The van der Waals surface area contributed by atoms with E-state index in [1.807, 2.05) is 0 Å². The van der Waals surface area contributed by atoms with E-state index in [1.54, 1.807) is 0 Å². The van der Waals surface area contributed by atoms with Crippen molar-refractivity contribution < 1.29 is 25.9 Å². The molecule has 1 aliphatic rings. The molecule has 1 saturated heterocycles. The molecule has 1 aromatic heterocycles. The van der Waals surface area contributed by atoms with Crippen molar-refractivity contribution in [3.8, 4) is 11.4 Å². The second-order valence-electron chi connectivity index (χ2n) is 6.08. The zero-order valence-electron chi connectivity index (χ0n) is 14.6. The molecule has 0 saturated carbocycles. The van der Waals surface area contributed by atoms with Crippen LogP contribution in [0.25, 0.3) is 11.4 Å². The quantitative estimate of drug-likeness (QED) is 0.660. The molecular weight excluding hydrogens is 396 g/mol. The van der Waals surface area contributed by atoms with E-state index in [0.717, 1.165) is 25.9 Å². The molecule has 0 spiro atoms. The second-order valence-corrected chi connectivity index (χ2v) is 9.51.